The van der Waals surface area contributed by atoms with Crippen LogP contribution in [0.5, 0.6) is 0 Å². The molecule has 1 N–H and O–H groups in total. The summed E-state index contributed by atoms with van der Waals surface area (Å²) in [5.74, 6) is -1.36. The summed E-state index contributed by atoms with van der Waals surface area (Å²) in [6.07, 6.45) is 0.0878. The molecule has 29 heavy (non-hydrogen) atoms. The molecule has 2 aromatic rings. The van der Waals surface area contributed by atoms with Gasteiger partial charge in [-0.25, -0.2) is 0 Å². The maximum Gasteiger partial charge on any atom is 0.311 e. The predicted octanol–water partition coefficient (Wildman–Crippen LogP) is 3.65. The molecule has 3 rings (SSSR count). The molecule has 1 aliphatic rings. The highest BCUT2D eigenvalue weighted by Gasteiger charge is 2.36. The molecule has 2 aromatic carbocycles. The summed E-state index contributed by atoms with van der Waals surface area (Å²) in [6, 6.07) is 15.1. The number of benzene rings is 2. The number of ether oxygens (including phenoxy) is 1. The fourth-order valence-electron chi connectivity index (χ4n) is 3.39. The van der Waals surface area contributed by atoms with Crippen molar-refractivity contribution < 1.29 is 19.1 Å². The van der Waals surface area contributed by atoms with Crippen LogP contribution in [0.3, 0.4) is 0 Å². The maximum absolute atomic E-state index is 12.4. The Kier molecular flexibility index (Phi) is 6.32. The topological polar surface area (TPSA) is 75.7 Å². The number of aryl methyl sites for hydroxylation is 1. The molecule has 0 spiro atoms. The molecular weight excluding hydrogens is 368 g/mol. The molecule has 1 aliphatic heterocycles. The molecule has 1 atom stereocenters. The number of para-hydroxylation sites is 1. The first-order valence-electron chi connectivity index (χ1n) is 9.77. The molecular formula is C23H26N2O4. The number of hydrogen-bond acceptors (Lipinski definition) is 4. The van der Waals surface area contributed by atoms with Crippen molar-refractivity contribution in [2.45, 2.75) is 33.1 Å². The van der Waals surface area contributed by atoms with Crippen LogP contribution in [-0.2, 0) is 19.1 Å². The van der Waals surface area contributed by atoms with Crippen LogP contribution >= 0.6 is 0 Å². The molecule has 1 unspecified atom stereocenters. The first-order chi connectivity index (χ1) is 13.8. The zero-order valence-corrected chi connectivity index (χ0v) is 17.0. The first-order valence-corrected chi connectivity index (χ1v) is 9.77. The van der Waals surface area contributed by atoms with Crippen LogP contribution in [0.25, 0.3) is 0 Å². The fraction of sp³-hybridized carbons (Fsp3) is 0.348. The van der Waals surface area contributed by atoms with E-state index in [4.69, 9.17) is 4.74 Å². The van der Waals surface area contributed by atoms with Crippen LogP contribution in [0.15, 0.2) is 48.5 Å². The van der Waals surface area contributed by atoms with E-state index in [1.54, 1.807) is 4.90 Å². The van der Waals surface area contributed by atoms with E-state index in [9.17, 15) is 14.4 Å². The average Bonchev–Trinajstić information content (AvgIpc) is 3.09. The highest BCUT2D eigenvalue weighted by molar-refractivity contribution is 6.00. The molecule has 2 amide bonds. The number of amides is 2. The van der Waals surface area contributed by atoms with Gasteiger partial charge in [0.15, 0.2) is 6.61 Å². The number of anilines is 2. The Hall–Kier alpha value is -3.15. The van der Waals surface area contributed by atoms with E-state index in [1.807, 2.05) is 69.3 Å². The van der Waals surface area contributed by atoms with E-state index in [1.165, 1.54) is 0 Å². The summed E-state index contributed by atoms with van der Waals surface area (Å²) in [5, 5.41) is 2.79. The van der Waals surface area contributed by atoms with Gasteiger partial charge in [-0.2, -0.15) is 0 Å². The lowest BCUT2D eigenvalue weighted by atomic mass is 10.0. The predicted molar refractivity (Wildman–Crippen MR) is 112 cm³/mol. The maximum atomic E-state index is 12.4. The van der Waals surface area contributed by atoms with Gasteiger partial charge in [0.25, 0.3) is 5.91 Å². The third-order valence-electron chi connectivity index (χ3n) is 5.01. The summed E-state index contributed by atoms with van der Waals surface area (Å²) in [5.41, 5.74) is 3.59. The molecule has 0 aliphatic carbocycles. The second-order valence-corrected chi connectivity index (χ2v) is 7.64. The second kappa shape index (κ2) is 8.90. The minimum absolute atomic E-state index is 0.0878. The molecule has 1 saturated heterocycles. The number of carbonyl (C=O) groups excluding carboxylic acids is 3. The van der Waals surface area contributed by atoms with Crippen LogP contribution in [0.2, 0.25) is 0 Å². The SMILES string of the molecule is Cc1ccc(N2CC(C(=O)OCC(=O)Nc3ccccc3C(C)C)CC2=O)cc1. The molecule has 0 aromatic heterocycles. The summed E-state index contributed by atoms with van der Waals surface area (Å²) in [6.45, 7) is 5.95. The number of rotatable bonds is 6. The molecule has 0 bridgehead atoms. The van der Waals surface area contributed by atoms with Gasteiger partial charge in [-0.15, -0.1) is 0 Å². The molecule has 0 saturated carbocycles. The number of hydrogen-bond donors (Lipinski definition) is 1. The Balaban J connectivity index is 1.54. The van der Waals surface area contributed by atoms with Crippen LogP contribution in [-0.4, -0.2) is 30.9 Å². The first kappa shape index (κ1) is 20.6. The number of carbonyl (C=O) groups is 3. The van der Waals surface area contributed by atoms with Gasteiger partial charge in [-0.3, -0.25) is 14.4 Å². The summed E-state index contributed by atoms with van der Waals surface area (Å²) >= 11 is 0. The quantitative estimate of drug-likeness (QED) is 0.759. The van der Waals surface area contributed by atoms with Gasteiger partial charge in [-0.05, 0) is 36.6 Å². The van der Waals surface area contributed by atoms with Crippen molar-refractivity contribution >= 4 is 29.2 Å². The van der Waals surface area contributed by atoms with Crippen molar-refractivity contribution in [2.75, 3.05) is 23.4 Å². The average molecular weight is 394 g/mol. The van der Waals surface area contributed by atoms with Gasteiger partial charge < -0.3 is 15.0 Å². The number of nitrogens with zero attached hydrogens (tertiary/aromatic N) is 1. The van der Waals surface area contributed by atoms with Gasteiger partial charge in [-0.1, -0.05) is 49.7 Å². The van der Waals surface area contributed by atoms with E-state index >= 15 is 0 Å². The van der Waals surface area contributed by atoms with Crippen molar-refractivity contribution in [1.82, 2.24) is 0 Å². The monoisotopic (exact) mass is 394 g/mol. The van der Waals surface area contributed by atoms with Crippen LogP contribution < -0.4 is 10.2 Å². The van der Waals surface area contributed by atoms with Gasteiger partial charge in [0.05, 0.1) is 5.92 Å². The van der Waals surface area contributed by atoms with E-state index in [-0.39, 0.29) is 31.4 Å². The van der Waals surface area contributed by atoms with Crippen molar-refractivity contribution in [1.29, 1.82) is 0 Å². The molecule has 6 heteroatoms. The summed E-state index contributed by atoms with van der Waals surface area (Å²) in [4.78, 5) is 38.5. The Morgan fingerprint density at radius 1 is 1.14 bits per heavy atom. The van der Waals surface area contributed by atoms with Gasteiger partial charge >= 0.3 is 5.97 Å². The lowest BCUT2D eigenvalue weighted by molar-refractivity contribution is -0.151. The molecule has 1 fully saturated rings. The summed E-state index contributed by atoms with van der Waals surface area (Å²) < 4.78 is 5.18. The Morgan fingerprint density at radius 3 is 2.52 bits per heavy atom. The van der Waals surface area contributed by atoms with Crippen LogP contribution in [0.1, 0.15) is 37.3 Å². The third-order valence-corrected chi connectivity index (χ3v) is 5.01. The lowest BCUT2D eigenvalue weighted by Crippen LogP contribution is -2.28. The van der Waals surface area contributed by atoms with E-state index in [0.29, 0.717) is 5.69 Å². The molecule has 152 valence electrons. The standard InChI is InChI=1S/C23H26N2O4/c1-15(2)19-6-4-5-7-20(19)24-21(26)14-29-23(28)17-12-22(27)25(13-17)18-10-8-16(3)9-11-18/h4-11,15,17H,12-14H2,1-3H3,(H,24,26). The van der Waals surface area contributed by atoms with Crippen molar-refractivity contribution in [3.63, 3.8) is 0 Å². The zero-order chi connectivity index (χ0) is 21.0. The summed E-state index contributed by atoms with van der Waals surface area (Å²) in [7, 11) is 0. The largest absolute Gasteiger partial charge is 0.455 e. The smallest absolute Gasteiger partial charge is 0.311 e. The normalized spacial score (nSPS) is 16.2. The van der Waals surface area contributed by atoms with Crippen LogP contribution in [0.4, 0.5) is 11.4 Å². The fourth-order valence-corrected chi connectivity index (χ4v) is 3.39. The Bertz CT molecular complexity index is 905. The van der Waals surface area contributed by atoms with E-state index in [0.717, 1.165) is 16.8 Å². The number of nitrogens with one attached hydrogen (secondary N) is 1. The van der Waals surface area contributed by atoms with Crippen molar-refractivity contribution in [3.05, 3.63) is 59.7 Å². The lowest BCUT2D eigenvalue weighted by Gasteiger charge is -2.17. The van der Waals surface area contributed by atoms with Gasteiger partial charge in [0.2, 0.25) is 5.91 Å². The molecule has 0 radical (unpaired) electrons. The number of esters is 1. The second-order valence-electron chi connectivity index (χ2n) is 7.64. The molecule has 6 nitrogen and oxygen atoms in total. The van der Waals surface area contributed by atoms with Gasteiger partial charge in [0.1, 0.15) is 0 Å². The van der Waals surface area contributed by atoms with Crippen LogP contribution in [0, 0.1) is 12.8 Å². The molecule has 1 heterocycles. The van der Waals surface area contributed by atoms with E-state index < -0.39 is 17.8 Å². The van der Waals surface area contributed by atoms with E-state index in [2.05, 4.69) is 5.32 Å². The zero-order valence-electron chi connectivity index (χ0n) is 17.0. The highest BCUT2D eigenvalue weighted by atomic mass is 16.5. The van der Waals surface area contributed by atoms with Crippen molar-refractivity contribution in [2.24, 2.45) is 5.92 Å². The Morgan fingerprint density at radius 2 is 1.83 bits per heavy atom. The minimum atomic E-state index is -0.570. The van der Waals surface area contributed by atoms with Gasteiger partial charge in [0, 0.05) is 24.3 Å². The minimum Gasteiger partial charge on any atom is -0.455 e. The highest BCUT2D eigenvalue weighted by Crippen LogP contribution is 2.26. The Labute approximate surface area is 170 Å². The third kappa shape index (κ3) is 5.02. The van der Waals surface area contributed by atoms with Crippen molar-refractivity contribution in [3.8, 4) is 0 Å².